The molecule has 0 aliphatic heterocycles. The zero-order valence-corrected chi connectivity index (χ0v) is 9.46. The van der Waals surface area contributed by atoms with Crippen LogP contribution in [0.5, 0.6) is 0 Å². The molecule has 1 unspecified atom stereocenters. The molecule has 0 rings (SSSR count). The van der Waals surface area contributed by atoms with Gasteiger partial charge in [-0.15, -0.1) is 0 Å². The van der Waals surface area contributed by atoms with Crippen molar-refractivity contribution >= 4 is 12.6 Å². The van der Waals surface area contributed by atoms with E-state index >= 15 is 0 Å². The molecule has 1 N–H and O–H groups in total. The Labute approximate surface area is 86.5 Å². The molecular formula is C9H21NO2S. The maximum absolute atomic E-state index is 8.82. The fraction of sp³-hybridized carbons (Fsp3) is 1.00. The summed E-state index contributed by atoms with van der Waals surface area (Å²) >= 11 is 4.23. The van der Waals surface area contributed by atoms with Crippen molar-refractivity contribution in [3.63, 3.8) is 0 Å². The highest BCUT2D eigenvalue weighted by atomic mass is 32.1. The van der Waals surface area contributed by atoms with Crippen molar-refractivity contribution in [2.45, 2.75) is 6.92 Å². The molecular weight excluding hydrogens is 186 g/mol. The van der Waals surface area contributed by atoms with Crippen LogP contribution in [0.3, 0.4) is 0 Å². The third-order valence-corrected chi connectivity index (χ3v) is 2.53. The number of nitrogens with zero attached hydrogens (tertiary/aromatic N) is 1. The first-order chi connectivity index (χ1) is 6.24. The van der Waals surface area contributed by atoms with Gasteiger partial charge in [0.2, 0.25) is 0 Å². The quantitative estimate of drug-likeness (QED) is 0.568. The third-order valence-electron chi connectivity index (χ3n) is 1.91. The fourth-order valence-corrected chi connectivity index (χ4v) is 1.27. The van der Waals surface area contributed by atoms with Gasteiger partial charge < -0.3 is 9.84 Å². The Balaban J connectivity index is 3.65. The molecule has 0 spiro atoms. The van der Waals surface area contributed by atoms with E-state index in [-0.39, 0.29) is 6.61 Å². The van der Waals surface area contributed by atoms with Gasteiger partial charge in [-0.3, -0.25) is 4.90 Å². The van der Waals surface area contributed by atoms with Gasteiger partial charge in [0, 0.05) is 26.7 Å². The maximum atomic E-state index is 8.82. The summed E-state index contributed by atoms with van der Waals surface area (Å²) < 4.78 is 4.99. The second kappa shape index (κ2) is 8.81. The third kappa shape index (κ3) is 7.31. The summed E-state index contributed by atoms with van der Waals surface area (Å²) in [6, 6.07) is 0. The molecule has 80 valence electrons. The molecule has 0 fully saturated rings. The van der Waals surface area contributed by atoms with Gasteiger partial charge in [0.1, 0.15) is 0 Å². The van der Waals surface area contributed by atoms with Crippen molar-refractivity contribution in [3.05, 3.63) is 0 Å². The molecule has 0 radical (unpaired) electrons. The Hall–Kier alpha value is 0.230. The predicted octanol–water partition coefficient (Wildman–Crippen LogP) is 0.493. The predicted molar refractivity (Wildman–Crippen MR) is 58.4 cm³/mol. The summed E-state index contributed by atoms with van der Waals surface area (Å²) in [5.41, 5.74) is 0. The van der Waals surface area contributed by atoms with Crippen LogP contribution in [0.4, 0.5) is 0 Å². The zero-order chi connectivity index (χ0) is 10.1. The standard InChI is InChI=1S/C9H21NO2S/c1-9(8-13)7-10(3-5-11)4-6-12-2/h9,11,13H,3-8H2,1-2H3. The van der Waals surface area contributed by atoms with E-state index in [9.17, 15) is 0 Å². The normalized spacial score (nSPS) is 13.6. The molecule has 0 bridgehead atoms. The van der Waals surface area contributed by atoms with E-state index in [1.165, 1.54) is 0 Å². The maximum Gasteiger partial charge on any atom is 0.0589 e. The first-order valence-corrected chi connectivity index (χ1v) is 5.30. The van der Waals surface area contributed by atoms with Crippen LogP contribution in [0.15, 0.2) is 0 Å². The van der Waals surface area contributed by atoms with Crippen molar-refractivity contribution in [1.82, 2.24) is 4.90 Å². The molecule has 0 aromatic rings. The summed E-state index contributed by atoms with van der Waals surface area (Å²) in [5.74, 6) is 1.45. The monoisotopic (exact) mass is 207 g/mol. The van der Waals surface area contributed by atoms with Crippen LogP contribution in [0.25, 0.3) is 0 Å². The van der Waals surface area contributed by atoms with Gasteiger partial charge in [-0.1, -0.05) is 6.92 Å². The van der Waals surface area contributed by atoms with E-state index < -0.39 is 0 Å². The minimum Gasteiger partial charge on any atom is -0.395 e. The highest BCUT2D eigenvalue weighted by Gasteiger charge is 2.07. The topological polar surface area (TPSA) is 32.7 Å². The second-order valence-electron chi connectivity index (χ2n) is 3.30. The lowest BCUT2D eigenvalue weighted by Gasteiger charge is -2.23. The van der Waals surface area contributed by atoms with Gasteiger partial charge >= 0.3 is 0 Å². The average molecular weight is 207 g/mol. The lowest BCUT2D eigenvalue weighted by molar-refractivity contribution is 0.123. The Morgan fingerprint density at radius 1 is 1.46 bits per heavy atom. The van der Waals surface area contributed by atoms with Gasteiger partial charge in [0.25, 0.3) is 0 Å². The first-order valence-electron chi connectivity index (χ1n) is 4.67. The van der Waals surface area contributed by atoms with Crippen molar-refractivity contribution in [2.75, 3.05) is 45.7 Å². The number of methoxy groups -OCH3 is 1. The summed E-state index contributed by atoms with van der Waals surface area (Å²) in [6.07, 6.45) is 0. The van der Waals surface area contributed by atoms with Crippen LogP contribution >= 0.6 is 12.6 Å². The number of aliphatic hydroxyl groups excluding tert-OH is 1. The fourth-order valence-electron chi connectivity index (χ4n) is 1.15. The Bertz CT molecular complexity index is 114. The number of aliphatic hydroxyl groups is 1. The number of hydrogen-bond acceptors (Lipinski definition) is 4. The van der Waals surface area contributed by atoms with Crippen molar-refractivity contribution in [2.24, 2.45) is 5.92 Å². The van der Waals surface area contributed by atoms with E-state index in [0.717, 1.165) is 32.0 Å². The van der Waals surface area contributed by atoms with Gasteiger partial charge in [0.05, 0.1) is 13.2 Å². The molecule has 1 atom stereocenters. The molecule has 0 aromatic heterocycles. The van der Waals surface area contributed by atoms with Crippen LogP contribution in [-0.4, -0.2) is 55.7 Å². The minimum absolute atomic E-state index is 0.211. The van der Waals surface area contributed by atoms with E-state index in [1.54, 1.807) is 7.11 Å². The smallest absolute Gasteiger partial charge is 0.0589 e. The molecule has 4 heteroatoms. The van der Waals surface area contributed by atoms with Crippen LogP contribution < -0.4 is 0 Å². The van der Waals surface area contributed by atoms with E-state index in [2.05, 4.69) is 24.5 Å². The highest BCUT2D eigenvalue weighted by Crippen LogP contribution is 2.01. The van der Waals surface area contributed by atoms with Crippen LogP contribution in [0.2, 0.25) is 0 Å². The molecule has 0 aliphatic carbocycles. The number of thiol groups is 1. The number of hydrogen-bond donors (Lipinski definition) is 2. The minimum atomic E-state index is 0.211. The lowest BCUT2D eigenvalue weighted by Crippen LogP contribution is -2.34. The zero-order valence-electron chi connectivity index (χ0n) is 8.57. The van der Waals surface area contributed by atoms with Crippen LogP contribution in [0.1, 0.15) is 6.92 Å². The lowest BCUT2D eigenvalue weighted by atomic mass is 10.2. The average Bonchev–Trinajstić information content (AvgIpc) is 2.14. The summed E-state index contributed by atoms with van der Waals surface area (Å²) in [7, 11) is 1.69. The molecule has 13 heavy (non-hydrogen) atoms. The molecule has 0 aliphatic rings. The van der Waals surface area contributed by atoms with Gasteiger partial charge in [-0.2, -0.15) is 12.6 Å². The number of ether oxygens (including phenoxy) is 1. The molecule has 0 heterocycles. The largest absolute Gasteiger partial charge is 0.395 e. The van der Waals surface area contributed by atoms with E-state index in [0.29, 0.717) is 5.92 Å². The summed E-state index contributed by atoms with van der Waals surface area (Å²) in [5, 5.41) is 8.82. The Morgan fingerprint density at radius 3 is 2.62 bits per heavy atom. The van der Waals surface area contributed by atoms with E-state index in [1.807, 2.05) is 0 Å². The molecule has 0 amide bonds. The second-order valence-corrected chi connectivity index (χ2v) is 3.67. The highest BCUT2D eigenvalue weighted by molar-refractivity contribution is 7.80. The van der Waals surface area contributed by atoms with Gasteiger partial charge in [-0.05, 0) is 11.7 Å². The Kier molecular flexibility index (Phi) is 8.97. The summed E-state index contributed by atoms with van der Waals surface area (Å²) in [6.45, 7) is 5.68. The van der Waals surface area contributed by atoms with Gasteiger partial charge in [-0.25, -0.2) is 0 Å². The van der Waals surface area contributed by atoms with Gasteiger partial charge in [0.15, 0.2) is 0 Å². The van der Waals surface area contributed by atoms with Crippen molar-refractivity contribution in [3.8, 4) is 0 Å². The van der Waals surface area contributed by atoms with Crippen molar-refractivity contribution in [1.29, 1.82) is 0 Å². The van der Waals surface area contributed by atoms with Crippen LogP contribution in [-0.2, 0) is 4.74 Å². The first kappa shape index (κ1) is 13.2. The van der Waals surface area contributed by atoms with Crippen LogP contribution in [0, 0.1) is 5.92 Å². The molecule has 0 aromatic carbocycles. The Morgan fingerprint density at radius 2 is 2.15 bits per heavy atom. The van der Waals surface area contributed by atoms with E-state index in [4.69, 9.17) is 9.84 Å². The SMILES string of the molecule is COCCN(CCO)CC(C)CS. The summed E-state index contributed by atoms with van der Waals surface area (Å²) in [4.78, 5) is 2.20. The molecule has 0 saturated carbocycles. The van der Waals surface area contributed by atoms with Crippen molar-refractivity contribution < 1.29 is 9.84 Å². The molecule has 3 nitrogen and oxygen atoms in total. The number of rotatable bonds is 8. The molecule has 0 saturated heterocycles.